The zero-order chi connectivity index (χ0) is 19.9. The number of methoxy groups -OCH3 is 2. The first-order valence-corrected chi connectivity index (χ1v) is 9.81. The molecule has 1 aliphatic rings. The molecule has 1 aromatic heterocycles. The van der Waals surface area contributed by atoms with Gasteiger partial charge >= 0.3 is 0 Å². The third-order valence-electron chi connectivity index (χ3n) is 5.26. The quantitative estimate of drug-likeness (QED) is 0.723. The summed E-state index contributed by atoms with van der Waals surface area (Å²) in [5.74, 6) is 3.35. The molecule has 7 nitrogen and oxygen atoms in total. The third kappa shape index (κ3) is 5.04. The smallest absolute Gasteiger partial charge is 0.224 e. The van der Waals surface area contributed by atoms with Crippen molar-refractivity contribution >= 4 is 11.8 Å². The van der Waals surface area contributed by atoms with Crippen LogP contribution in [0.3, 0.4) is 0 Å². The maximum absolute atomic E-state index is 5.49. The Morgan fingerprint density at radius 3 is 2.25 bits per heavy atom. The lowest BCUT2D eigenvalue weighted by Gasteiger charge is -2.30. The van der Waals surface area contributed by atoms with Crippen LogP contribution in [0.2, 0.25) is 0 Å². The summed E-state index contributed by atoms with van der Waals surface area (Å²) in [5.41, 5.74) is 1.07. The van der Waals surface area contributed by atoms with Crippen molar-refractivity contribution in [2.45, 2.75) is 44.3 Å². The Morgan fingerprint density at radius 2 is 1.64 bits per heavy atom. The van der Waals surface area contributed by atoms with Crippen molar-refractivity contribution in [3.8, 4) is 11.5 Å². The number of nitrogens with one attached hydrogen (secondary N) is 2. The van der Waals surface area contributed by atoms with Gasteiger partial charge in [-0.3, -0.25) is 0 Å². The topological polar surface area (TPSA) is 71.5 Å². The third-order valence-corrected chi connectivity index (χ3v) is 5.26. The molecule has 28 heavy (non-hydrogen) atoms. The summed E-state index contributed by atoms with van der Waals surface area (Å²) in [6, 6.07) is 8.71. The summed E-state index contributed by atoms with van der Waals surface area (Å²) in [5, 5.41) is 7.16. The van der Waals surface area contributed by atoms with Gasteiger partial charge in [-0.2, -0.15) is 4.98 Å². The van der Waals surface area contributed by atoms with Crippen molar-refractivity contribution in [3.05, 3.63) is 36.0 Å². The molecular formula is C21H31N5O2. The number of rotatable bonds is 8. The van der Waals surface area contributed by atoms with Gasteiger partial charge in [-0.15, -0.1) is 0 Å². The molecule has 0 spiro atoms. The Balaban J connectivity index is 1.50. The van der Waals surface area contributed by atoms with E-state index in [9.17, 15) is 0 Å². The minimum Gasteiger partial charge on any atom is -0.496 e. The summed E-state index contributed by atoms with van der Waals surface area (Å²) in [4.78, 5) is 10.9. The van der Waals surface area contributed by atoms with Crippen molar-refractivity contribution < 1.29 is 9.47 Å². The molecule has 0 atom stereocenters. The monoisotopic (exact) mass is 385 g/mol. The van der Waals surface area contributed by atoms with Crippen LogP contribution in [0.25, 0.3) is 0 Å². The summed E-state index contributed by atoms with van der Waals surface area (Å²) in [6.45, 7) is 0.740. The lowest BCUT2D eigenvalue weighted by atomic mass is 9.91. The van der Waals surface area contributed by atoms with Crippen molar-refractivity contribution in [3.63, 3.8) is 0 Å². The highest BCUT2D eigenvalue weighted by molar-refractivity contribution is 5.44. The molecule has 1 fully saturated rings. The zero-order valence-corrected chi connectivity index (χ0v) is 17.2. The number of hydrogen-bond acceptors (Lipinski definition) is 7. The van der Waals surface area contributed by atoms with Crippen molar-refractivity contribution in [2.75, 3.05) is 38.5 Å². The first-order chi connectivity index (χ1) is 13.6. The molecule has 1 heterocycles. The second kappa shape index (κ2) is 9.59. The van der Waals surface area contributed by atoms with Gasteiger partial charge in [0.2, 0.25) is 5.95 Å². The lowest BCUT2D eigenvalue weighted by molar-refractivity contribution is 0.341. The number of anilines is 2. The minimum absolute atomic E-state index is 0.413. The molecule has 1 saturated carbocycles. The van der Waals surface area contributed by atoms with E-state index in [0.717, 1.165) is 55.1 Å². The maximum Gasteiger partial charge on any atom is 0.224 e. The average molecular weight is 386 g/mol. The Labute approximate surface area is 167 Å². The van der Waals surface area contributed by atoms with Crippen molar-refractivity contribution in [1.29, 1.82) is 0 Å². The van der Waals surface area contributed by atoms with E-state index in [-0.39, 0.29) is 0 Å². The van der Waals surface area contributed by atoms with Crippen LogP contribution in [0, 0.1) is 0 Å². The number of benzene rings is 1. The van der Waals surface area contributed by atoms with Gasteiger partial charge < -0.3 is 25.0 Å². The Hall–Kier alpha value is -2.54. The molecule has 7 heteroatoms. The molecule has 0 bridgehead atoms. The Morgan fingerprint density at radius 1 is 1.00 bits per heavy atom. The molecule has 0 aliphatic heterocycles. The molecule has 0 radical (unpaired) electrons. The van der Waals surface area contributed by atoms with Gasteiger partial charge in [0, 0.05) is 44.5 Å². The van der Waals surface area contributed by atoms with Crippen LogP contribution in [0.5, 0.6) is 11.5 Å². The number of ether oxygens (including phenoxy) is 2. The van der Waals surface area contributed by atoms with E-state index in [1.54, 1.807) is 20.4 Å². The van der Waals surface area contributed by atoms with E-state index in [1.807, 2.05) is 43.3 Å². The molecule has 0 saturated heterocycles. The first kappa shape index (κ1) is 20.2. The van der Waals surface area contributed by atoms with Gasteiger partial charge in [0.1, 0.15) is 17.3 Å². The van der Waals surface area contributed by atoms with E-state index in [4.69, 9.17) is 9.47 Å². The largest absolute Gasteiger partial charge is 0.496 e. The number of nitrogens with zero attached hydrogens (tertiary/aromatic N) is 3. The van der Waals surface area contributed by atoms with E-state index in [2.05, 4.69) is 20.6 Å². The van der Waals surface area contributed by atoms with E-state index >= 15 is 0 Å². The first-order valence-electron chi connectivity index (χ1n) is 9.81. The summed E-state index contributed by atoms with van der Waals surface area (Å²) in [6.07, 6.45) is 6.22. The van der Waals surface area contributed by atoms with Crippen LogP contribution in [0.1, 0.15) is 31.2 Å². The number of hydrogen-bond donors (Lipinski definition) is 2. The summed E-state index contributed by atoms with van der Waals surface area (Å²) >= 11 is 0. The molecule has 1 aromatic carbocycles. The van der Waals surface area contributed by atoms with Gasteiger partial charge in [0.05, 0.1) is 14.2 Å². The fourth-order valence-corrected chi connectivity index (χ4v) is 3.64. The van der Waals surface area contributed by atoms with Gasteiger partial charge in [-0.1, -0.05) is 6.07 Å². The van der Waals surface area contributed by atoms with Crippen LogP contribution >= 0.6 is 0 Å². The summed E-state index contributed by atoms with van der Waals surface area (Å²) < 4.78 is 11.0. The maximum atomic E-state index is 5.49. The fraction of sp³-hybridized carbons (Fsp3) is 0.524. The second-order valence-corrected chi connectivity index (χ2v) is 7.35. The fourth-order valence-electron chi connectivity index (χ4n) is 3.64. The molecule has 2 aromatic rings. The van der Waals surface area contributed by atoms with Gasteiger partial charge in [-0.05, 0) is 43.9 Å². The van der Waals surface area contributed by atoms with Crippen LogP contribution in [0.4, 0.5) is 11.8 Å². The van der Waals surface area contributed by atoms with Crippen LogP contribution in [-0.4, -0.2) is 50.4 Å². The molecule has 0 amide bonds. The SMILES string of the molecule is COc1cccc(OC)c1CN[C@H]1CC[C@@H](Nc2nccc(N(C)C)n2)CC1. The van der Waals surface area contributed by atoms with E-state index < -0.39 is 0 Å². The molecule has 2 N–H and O–H groups in total. The number of aromatic nitrogens is 2. The van der Waals surface area contributed by atoms with Crippen molar-refractivity contribution in [2.24, 2.45) is 0 Å². The molecule has 0 unspecified atom stereocenters. The highest BCUT2D eigenvalue weighted by atomic mass is 16.5. The molecule has 3 rings (SSSR count). The zero-order valence-electron chi connectivity index (χ0n) is 17.2. The molecule has 152 valence electrons. The average Bonchev–Trinajstić information content (AvgIpc) is 2.73. The van der Waals surface area contributed by atoms with Crippen LogP contribution in [0.15, 0.2) is 30.5 Å². The second-order valence-electron chi connectivity index (χ2n) is 7.35. The lowest BCUT2D eigenvalue weighted by Crippen LogP contribution is -2.37. The van der Waals surface area contributed by atoms with Crippen LogP contribution in [-0.2, 0) is 6.54 Å². The standard InChI is InChI=1S/C21H31N5O2/c1-26(2)20-12-13-22-21(25-20)24-16-10-8-15(9-11-16)23-14-17-18(27-3)6-5-7-19(17)28-4/h5-7,12-13,15-16,23H,8-11,14H2,1-4H3,(H,22,24,25)/t15-,16+. The molecular weight excluding hydrogens is 354 g/mol. The predicted octanol–water partition coefficient (Wildman–Crippen LogP) is 3.07. The normalized spacial score (nSPS) is 19.1. The highest BCUT2D eigenvalue weighted by Crippen LogP contribution is 2.29. The van der Waals surface area contributed by atoms with Crippen molar-refractivity contribution in [1.82, 2.24) is 15.3 Å². The van der Waals surface area contributed by atoms with Gasteiger partial charge in [-0.25, -0.2) is 4.98 Å². The highest BCUT2D eigenvalue weighted by Gasteiger charge is 2.22. The van der Waals surface area contributed by atoms with Crippen LogP contribution < -0.4 is 25.0 Å². The Kier molecular flexibility index (Phi) is 6.92. The Bertz CT molecular complexity index is 738. The van der Waals surface area contributed by atoms with E-state index in [1.165, 1.54) is 0 Å². The van der Waals surface area contributed by atoms with Gasteiger partial charge in [0.15, 0.2) is 0 Å². The predicted molar refractivity (Wildman–Crippen MR) is 112 cm³/mol. The summed E-state index contributed by atoms with van der Waals surface area (Å²) in [7, 11) is 7.37. The minimum atomic E-state index is 0.413. The molecule has 1 aliphatic carbocycles. The van der Waals surface area contributed by atoms with Gasteiger partial charge in [0.25, 0.3) is 0 Å². The van der Waals surface area contributed by atoms with E-state index in [0.29, 0.717) is 18.0 Å².